The van der Waals surface area contributed by atoms with E-state index in [-0.39, 0.29) is 17.2 Å². The van der Waals surface area contributed by atoms with Gasteiger partial charge in [-0.3, -0.25) is 14.2 Å². The number of carbonyl (C=O) groups excluding carboxylic acids is 1. The highest BCUT2D eigenvalue weighted by molar-refractivity contribution is 7.99. The SMILES string of the molecule is CCCCNC(=O)CSc1nc2ccc(C)cc2c(=O)n1C. The number of nitrogens with zero attached hydrogens (tertiary/aromatic N) is 2. The van der Waals surface area contributed by atoms with Gasteiger partial charge in [-0.2, -0.15) is 0 Å². The number of carbonyl (C=O) groups is 1. The molecular weight excluding hydrogens is 298 g/mol. The van der Waals surface area contributed by atoms with Gasteiger partial charge in [-0.1, -0.05) is 36.7 Å². The van der Waals surface area contributed by atoms with E-state index in [2.05, 4.69) is 17.2 Å². The van der Waals surface area contributed by atoms with Crippen molar-refractivity contribution in [1.29, 1.82) is 0 Å². The van der Waals surface area contributed by atoms with E-state index in [0.717, 1.165) is 18.4 Å². The van der Waals surface area contributed by atoms with Crippen molar-refractivity contribution in [3.05, 3.63) is 34.1 Å². The minimum absolute atomic E-state index is 0.0308. The maximum Gasteiger partial charge on any atom is 0.261 e. The van der Waals surface area contributed by atoms with Crippen LogP contribution in [0.25, 0.3) is 10.9 Å². The van der Waals surface area contributed by atoms with Gasteiger partial charge >= 0.3 is 0 Å². The Bertz CT molecular complexity index is 740. The predicted octanol–water partition coefficient (Wildman–Crippen LogP) is 2.25. The quantitative estimate of drug-likeness (QED) is 0.504. The summed E-state index contributed by atoms with van der Waals surface area (Å²) in [7, 11) is 1.69. The van der Waals surface area contributed by atoms with E-state index < -0.39 is 0 Å². The minimum atomic E-state index is -0.0809. The second kappa shape index (κ2) is 7.45. The standard InChI is InChI=1S/C16H21N3O2S/c1-4-5-8-17-14(20)10-22-16-18-13-7-6-11(2)9-12(13)15(21)19(16)3/h6-7,9H,4-5,8,10H2,1-3H3,(H,17,20). The van der Waals surface area contributed by atoms with Gasteiger partial charge in [0.1, 0.15) is 0 Å². The van der Waals surface area contributed by atoms with Crippen LogP contribution in [0.4, 0.5) is 0 Å². The molecule has 0 aliphatic carbocycles. The molecule has 118 valence electrons. The molecule has 0 fully saturated rings. The molecule has 0 saturated heterocycles. The molecule has 0 bridgehead atoms. The number of hydrogen-bond donors (Lipinski definition) is 1. The highest BCUT2D eigenvalue weighted by atomic mass is 32.2. The fourth-order valence-electron chi connectivity index (χ4n) is 2.08. The van der Waals surface area contributed by atoms with Crippen LogP contribution in [0.3, 0.4) is 0 Å². The average molecular weight is 319 g/mol. The molecule has 2 aromatic rings. The molecule has 0 saturated carbocycles. The molecule has 0 atom stereocenters. The Hall–Kier alpha value is -1.82. The minimum Gasteiger partial charge on any atom is -0.355 e. The van der Waals surface area contributed by atoms with Crippen LogP contribution in [-0.4, -0.2) is 27.8 Å². The third kappa shape index (κ3) is 3.88. The fourth-order valence-corrected chi connectivity index (χ4v) is 2.88. The number of aryl methyl sites for hydroxylation is 1. The summed E-state index contributed by atoms with van der Waals surface area (Å²) >= 11 is 1.29. The van der Waals surface area contributed by atoms with Crippen molar-refractivity contribution in [3.63, 3.8) is 0 Å². The van der Waals surface area contributed by atoms with E-state index in [4.69, 9.17) is 0 Å². The lowest BCUT2D eigenvalue weighted by Crippen LogP contribution is -2.27. The van der Waals surface area contributed by atoms with Gasteiger partial charge in [0.2, 0.25) is 5.91 Å². The molecule has 2 rings (SSSR count). The predicted molar refractivity (Wildman–Crippen MR) is 90.4 cm³/mol. The molecule has 1 aromatic heterocycles. The van der Waals surface area contributed by atoms with Crippen LogP contribution in [0.5, 0.6) is 0 Å². The second-order valence-electron chi connectivity index (χ2n) is 5.27. The van der Waals surface area contributed by atoms with Crippen molar-refractivity contribution in [2.24, 2.45) is 7.05 Å². The lowest BCUT2D eigenvalue weighted by Gasteiger charge is -2.09. The highest BCUT2D eigenvalue weighted by Gasteiger charge is 2.10. The van der Waals surface area contributed by atoms with Gasteiger partial charge < -0.3 is 5.32 Å². The van der Waals surface area contributed by atoms with E-state index in [0.29, 0.717) is 22.6 Å². The molecule has 1 N–H and O–H groups in total. The monoisotopic (exact) mass is 319 g/mol. The number of benzene rings is 1. The number of unbranched alkanes of at least 4 members (excludes halogenated alkanes) is 1. The van der Waals surface area contributed by atoms with Crippen LogP contribution in [0.2, 0.25) is 0 Å². The third-order valence-electron chi connectivity index (χ3n) is 3.37. The van der Waals surface area contributed by atoms with Crippen molar-refractivity contribution < 1.29 is 4.79 Å². The summed E-state index contributed by atoms with van der Waals surface area (Å²) in [6.07, 6.45) is 2.02. The summed E-state index contributed by atoms with van der Waals surface area (Å²) in [4.78, 5) is 28.6. The van der Waals surface area contributed by atoms with Crippen molar-refractivity contribution in [1.82, 2.24) is 14.9 Å². The number of aromatic nitrogens is 2. The maximum absolute atomic E-state index is 12.4. The lowest BCUT2D eigenvalue weighted by molar-refractivity contribution is -0.118. The van der Waals surface area contributed by atoms with Gasteiger partial charge in [0.25, 0.3) is 5.56 Å². The molecular formula is C16H21N3O2S. The van der Waals surface area contributed by atoms with E-state index in [1.807, 2.05) is 25.1 Å². The molecule has 0 unspecified atom stereocenters. The van der Waals surface area contributed by atoms with Gasteiger partial charge in [-0.15, -0.1) is 0 Å². The molecule has 1 heterocycles. The summed E-state index contributed by atoms with van der Waals surface area (Å²) in [5.41, 5.74) is 1.62. The first-order valence-corrected chi connectivity index (χ1v) is 8.38. The maximum atomic E-state index is 12.4. The Labute approximate surface area is 134 Å². The van der Waals surface area contributed by atoms with E-state index in [1.54, 1.807) is 7.05 Å². The molecule has 22 heavy (non-hydrogen) atoms. The number of fused-ring (bicyclic) bond motifs is 1. The zero-order valence-corrected chi connectivity index (χ0v) is 14.0. The summed E-state index contributed by atoms with van der Waals surface area (Å²) in [6, 6.07) is 5.62. The Kier molecular flexibility index (Phi) is 5.60. The lowest BCUT2D eigenvalue weighted by atomic mass is 10.2. The van der Waals surface area contributed by atoms with Crippen LogP contribution in [-0.2, 0) is 11.8 Å². The normalized spacial score (nSPS) is 10.9. The fraction of sp³-hybridized carbons (Fsp3) is 0.438. The highest BCUT2D eigenvalue weighted by Crippen LogP contribution is 2.17. The Morgan fingerprint density at radius 1 is 1.41 bits per heavy atom. The largest absolute Gasteiger partial charge is 0.355 e. The molecule has 1 aromatic carbocycles. The first-order valence-electron chi connectivity index (χ1n) is 7.39. The number of amides is 1. The Morgan fingerprint density at radius 3 is 2.91 bits per heavy atom. The zero-order chi connectivity index (χ0) is 16.1. The number of rotatable bonds is 6. The third-order valence-corrected chi connectivity index (χ3v) is 4.40. The van der Waals surface area contributed by atoms with Crippen molar-refractivity contribution in [3.8, 4) is 0 Å². The summed E-state index contributed by atoms with van der Waals surface area (Å²) < 4.78 is 1.51. The van der Waals surface area contributed by atoms with Gasteiger partial charge in [-0.25, -0.2) is 4.98 Å². The van der Waals surface area contributed by atoms with Crippen LogP contribution < -0.4 is 10.9 Å². The van der Waals surface area contributed by atoms with E-state index >= 15 is 0 Å². The Balaban J connectivity index is 2.15. The molecule has 0 aliphatic rings. The number of thioether (sulfide) groups is 1. The van der Waals surface area contributed by atoms with E-state index in [9.17, 15) is 9.59 Å². The van der Waals surface area contributed by atoms with Crippen molar-refractivity contribution >= 4 is 28.6 Å². The molecule has 0 spiro atoms. The average Bonchev–Trinajstić information content (AvgIpc) is 2.50. The van der Waals surface area contributed by atoms with Gasteiger partial charge in [0.15, 0.2) is 5.16 Å². The number of nitrogens with one attached hydrogen (secondary N) is 1. The van der Waals surface area contributed by atoms with E-state index in [1.165, 1.54) is 16.3 Å². The molecule has 6 heteroatoms. The van der Waals surface area contributed by atoms with Gasteiger partial charge in [0, 0.05) is 13.6 Å². The van der Waals surface area contributed by atoms with Crippen LogP contribution >= 0.6 is 11.8 Å². The Morgan fingerprint density at radius 2 is 2.18 bits per heavy atom. The van der Waals surface area contributed by atoms with Crippen molar-refractivity contribution in [2.45, 2.75) is 31.8 Å². The second-order valence-corrected chi connectivity index (χ2v) is 6.21. The summed E-state index contributed by atoms with van der Waals surface area (Å²) in [5.74, 6) is 0.234. The molecule has 1 amide bonds. The van der Waals surface area contributed by atoms with Crippen molar-refractivity contribution in [2.75, 3.05) is 12.3 Å². The first kappa shape index (κ1) is 16.5. The topological polar surface area (TPSA) is 64.0 Å². The zero-order valence-electron chi connectivity index (χ0n) is 13.2. The summed E-state index contributed by atoms with van der Waals surface area (Å²) in [6.45, 7) is 4.72. The molecule has 5 nitrogen and oxygen atoms in total. The summed E-state index contributed by atoms with van der Waals surface area (Å²) in [5, 5.41) is 4.03. The number of hydrogen-bond acceptors (Lipinski definition) is 4. The van der Waals surface area contributed by atoms with Gasteiger partial charge in [-0.05, 0) is 25.5 Å². The van der Waals surface area contributed by atoms with Crippen LogP contribution in [0, 0.1) is 6.92 Å². The smallest absolute Gasteiger partial charge is 0.261 e. The molecule has 0 aliphatic heterocycles. The van der Waals surface area contributed by atoms with Crippen LogP contribution in [0.1, 0.15) is 25.3 Å². The van der Waals surface area contributed by atoms with Crippen LogP contribution in [0.15, 0.2) is 28.2 Å². The molecule has 0 radical (unpaired) electrons. The first-order chi connectivity index (χ1) is 10.5. The van der Waals surface area contributed by atoms with Gasteiger partial charge in [0.05, 0.1) is 16.7 Å².